The highest BCUT2D eigenvalue weighted by Gasteiger charge is 2.14. The van der Waals surface area contributed by atoms with Crippen molar-refractivity contribution in [2.75, 3.05) is 5.75 Å². The first-order valence-corrected chi connectivity index (χ1v) is 9.98. The molecule has 2 heterocycles. The molecule has 0 spiro atoms. The largest absolute Gasteiger partial charge is 0.486 e. The highest BCUT2D eigenvalue weighted by molar-refractivity contribution is 9.10. The summed E-state index contributed by atoms with van der Waals surface area (Å²) in [5.41, 5.74) is 1.64. The topological polar surface area (TPSA) is 83.7 Å². The van der Waals surface area contributed by atoms with Crippen LogP contribution in [0.15, 0.2) is 64.4 Å². The molecule has 0 amide bonds. The number of Topliss-reactive ketones (excluding diaryl/α,β-unsaturated/α-hetero) is 1. The number of H-pyrrole nitrogens is 2. The van der Waals surface area contributed by atoms with E-state index in [0.717, 1.165) is 21.1 Å². The molecular weight excluding hydrogens is 428 g/mol. The summed E-state index contributed by atoms with van der Waals surface area (Å²) in [5, 5.41) is 8.44. The third-order valence-corrected chi connectivity index (χ3v) is 5.30. The maximum atomic E-state index is 12.5. The molecule has 0 radical (unpaired) electrons. The monoisotopic (exact) mass is 442 g/mol. The molecule has 0 saturated carbocycles. The van der Waals surface area contributed by atoms with Crippen molar-refractivity contribution >= 4 is 44.4 Å². The van der Waals surface area contributed by atoms with E-state index >= 15 is 0 Å². The number of ketones is 1. The number of rotatable bonds is 7. The van der Waals surface area contributed by atoms with Crippen molar-refractivity contribution < 1.29 is 9.53 Å². The number of carbonyl (C=O) groups is 1. The third kappa shape index (κ3) is 4.23. The zero-order valence-electron chi connectivity index (χ0n) is 14.1. The second-order valence-corrected chi connectivity index (χ2v) is 7.63. The molecule has 0 fully saturated rings. The summed E-state index contributed by atoms with van der Waals surface area (Å²) in [6.07, 6.45) is 1.75. The molecule has 8 heteroatoms. The normalized spacial score (nSPS) is 11.0. The third-order valence-electron chi connectivity index (χ3n) is 3.92. The van der Waals surface area contributed by atoms with Gasteiger partial charge in [-0.3, -0.25) is 9.89 Å². The summed E-state index contributed by atoms with van der Waals surface area (Å²) < 4.78 is 6.65. The molecule has 0 aliphatic heterocycles. The van der Waals surface area contributed by atoms with Gasteiger partial charge >= 0.3 is 0 Å². The summed E-state index contributed by atoms with van der Waals surface area (Å²) in [7, 11) is 0. The average molecular weight is 443 g/mol. The van der Waals surface area contributed by atoms with Gasteiger partial charge in [0.1, 0.15) is 12.4 Å². The maximum Gasteiger partial charge on any atom is 0.208 e. The van der Waals surface area contributed by atoms with Crippen LogP contribution in [0.25, 0.3) is 10.9 Å². The Morgan fingerprint density at radius 3 is 2.81 bits per heavy atom. The second kappa shape index (κ2) is 7.98. The van der Waals surface area contributed by atoms with Gasteiger partial charge in [-0.05, 0) is 30.3 Å². The highest BCUT2D eigenvalue weighted by Crippen LogP contribution is 2.22. The van der Waals surface area contributed by atoms with Crippen LogP contribution in [0.5, 0.6) is 5.75 Å². The Morgan fingerprint density at radius 1 is 1.15 bits per heavy atom. The van der Waals surface area contributed by atoms with Gasteiger partial charge in [0, 0.05) is 27.1 Å². The van der Waals surface area contributed by atoms with Crippen LogP contribution in [0.1, 0.15) is 16.2 Å². The number of aromatic amines is 2. The van der Waals surface area contributed by atoms with E-state index in [1.807, 2.05) is 48.5 Å². The van der Waals surface area contributed by atoms with Gasteiger partial charge in [-0.2, -0.15) is 0 Å². The van der Waals surface area contributed by atoms with E-state index in [1.54, 1.807) is 6.20 Å². The van der Waals surface area contributed by atoms with Crippen molar-refractivity contribution in [3.63, 3.8) is 0 Å². The lowest BCUT2D eigenvalue weighted by atomic mass is 10.1. The van der Waals surface area contributed by atoms with Crippen molar-refractivity contribution in [2.24, 2.45) is 0 Å². The van der Waals surface area contributed by atoms with E-state index in [0.29, 0.717) is 16.5 Å². The van der Waals surface area contributed by atoms with Gasteiger partial charge in [0.15, 0.2) is 11.6 Å². The molecule has 2 aromatic carbocycles. The number of aromatic nitrogens is 4. The lowest BCUT2D eigenvalue weighted by Crippen LogP contribution is -2.01. The lowest BCUT2D eigenvalue weighted by Gasteiger charge is -2.03. The molecular formula is C19H15BrN4O2S. The van der Waals surface area contributed by atoms with Crippen LogP contribution < -0.4 is 4.74 Å². The number of para-hydroxylation sites is 1. The van der Waals surface area contributed by atoms with Gasteiger partial charge in [-0.25, -0.2) is 4.98 Å². The molecule has 0 saturated heterocycles. The molecule has 0 aliphatic carbocycles. The molecule has 4 rings (SSSR count). The van der Waals surface area contributed by atoms with Gasteiger partial charge in [0.05, 0.1) is 5.75 Å². The van der Waals surface area contributed by atoms with Crippen LogP contribution in [0.3, 0.4) is 0 Å². The molecule has 6 nitrogen and oxygen atoms in total. The lowest BCUT2D eigenvalue weighted by molar-refractivity contribution is 0.102. The quantitative estimate of drug-likeness (QED) is 0.322. The van der Waals surface area contributed by atoms with E-state index in [-0.39, 0.29) is 18.1 Å². The van der Waals surface area contributed by atoms with Gasteiger partial charge in [0.2, 0.25) is 5.16 Å². The van der Waals surface area contributed by atoms with Crippen LogP contribution in [-0.2, 0) is 6.61 Å². The number of benzene rings is 2. The number of thioether (sulfide) groups is 1. The van der Waals surface area contributed by atoms with Crippen LogP contribution in [0.4, 0.5) is 0 Å². The number of hydrogen-bond donors (Lipinski definition) is 2. The molecule has 0 atom stereocenters. The van der Waals surface area contributed by atoms with Crippen LogP contribution in [0, 0.1) is 0 Å². The van der Waals surface area contributed by atoms with E-state index in [1.165, 1.54) is 11.8 Å². The van der Waals surface area contributed by atoms with Crippen LogP contribution >= 0.6 is 27.7 Å². The number of carbonyl (C=O) groups excluding carboxylic acids is 1. The van der Waals surface area contributed by atoms with E-state index < -0.39 is 0 Å². The summed E-state index contributed by atoms with van der Waals surface area (Å²) in [5.74, 6) is 1.67. The molecule has 2 N–H and O–H groups in total. The van der Waals surface area contributed by atoms with E-state index in [9.17, 15) is 4.79 Å². The highest BCUT2D eigenvalue weighted by atomic mass is 79.9. The minimum Gasteiger partial charge on any atom is -0.486 e. The molecule has 0 unspecified atom stereocenters. The zero-order chi connectivity index (χ0) is 18.6. The summed E-state index contributed by atoms with van der Waals surface area (Å²) >= 11 is 4.69. The summed E-state index contributed by atoms with van der Waals surface area (Å²) in [6.45, 7) is 0.283. The standard InChI is InChI=1S/C19H15BrN4O2S/c20-12-5-7-13(8-6-12)26-10-18-22-19(24-23-18)27-11-17(25)15-9-21-16-4-2-1-3-14(15)16/h1-9,21H,10-11H2,(H,22,23,24). The molecule has 0 aliphatic rings. The fourth-order valence-electron chi connectivity index (χ4n) is 2.60. The van der Waals surface area contributed by atoms with Gasteiger partial charge < -0.3 is 9.72 Å². The Bertz CT molecular complexity index is 1070. The van der Waals surface area contributed by atoms with Gasteiger partial charge in [-0.15, -0.1) is 5.10 Å². The Hall–Kier alpha value is -2.58. The smallest absolute Gasteiger partial charge is 0.208 e. The Kier molecular flexibility index (Phi) is 5.26. The molecule has 136 valence electrons. The summed E-state index contributed by atoms with van der Waals surface area (Å²) in [6, 6.07) is 15.3. The van der Waals surface area contributed by atoms with Gasteiger partial charge in [-0.1, -0.05) is 45.9 Å². The summed E-state index contributed by atoms with van der Waals surface area (Å²) in [4.78, 5) is 20.0. The van der Waals surface area contributed by atoms with Crippen molar-refractivity contribution in [3.8, 4) is 5.75 Å². The zero-order valence-corrected chi connectivity index (χ0v) is 16.5. The fraction of sp³-hybridized carbons (Fsp3) is 0.105. The average Bonchev–Trinajstić information content (AvgIpc) is 3.32. The number of hydrogen-bond acceptors (Lipinski definition) is 5. The Balaban J connectivity index is 1.34. The number of ether oxygens (including phenoxy) is 1. The number of halogens is 1. The maximum absolute atomic E-state index is 12.5. The Labute approximate surface area is 167 Å². The fourth-order valence-corrected chi connectivity index (χ4v) is 3.56. The minimum absolute atomic E-state index is 0.0370. The predicted molar refractivity (Wildman–Crippen MR) is 108 cm³/mol. The predicted octanol–water partition coefficient (Wildman–Crippen LogP) is 4.60. The number of nitrogens with one attached hydrogen (secondary N) is 2. The van der Waals surface area contributed by atoms with Crippen molar-refractivity contribution in [2.45, 2.75) is 11.8 Å². The SMILES string of the molecule is O=C(CSc1n[nH]c(COc2ccc(Br)cc2)n1)c1c[nH]c2ccccc12. The number of nitrogens with zero attached hydrogens (tertiary/aromatic N) is 2. The van der Waals surface area contributed by atoms with Crippen molar-refractivity contribution in [1.29, 1.82) is 0 Å². The molecule has 4 aromatic rings. The number of fused-ring (bicyclic) bond motifs is 1. The molecule has 27 heavy (non-hydrogen) atoms. The van der Waals surface area contributed by atoms with E-state index in [2.05, 4.69) is 36.1 Å². The van der Waals surface area contributed by atoms with Crippen molar-refractivity contribution in [3.05, 3.63) is 70.6 Å². The van der Waals surface area contributed by atoms with E-state index in [4.69, 9.17) is 4.74 Å². The van der Waals surface area contributed by atoms with Crippen molar-refractivity contribution in [1.82, 2.24) is 20.2 Å². The first kappa shape index (κ1) is 17.8. The minimum atomic E-state index is 0.0370. The second-order valence-electron chi connectivity index (χ2n) is 5.77. The first-order chi connectivity index (χ1) is 13.2. The van der Waals surface area contributed by atoms with Gasteiger partial charge in [0.25, 0.3) is 0 Å². The Morgan fingerprint density at radius 2 is 1.96 bits per heavy atom. The van der Waals surface area contributed by atoms with Crippen LogP contribution in [-0.4, -0.2) is 31.7 Å². The first-order valence-electron chi connectivity index (χ1n) is 8.21. The van der Waals surface area contributed by atoms with Crippen LogP contribution in [0.2, 0.25) is 0 Å². The molecule has 0 bridgehead atoms. The molecule has 2 aromatic heterocycles.